The van der Waals surface area contributed by atoms with Gasteiger partial charge in [0.05, 0.1) is 6.10 Å². The zero-order chi connectivity index (χ0) is 19.3. The van der Waals surface area contributed by atoms with Crippen LogP contribution in [0.1, 0.15) is 35.6 Å². The molecule has 5 heteroatoms. The van der Waals surface area contributed by atoms with E-state index in [1.165, 1.54) is 29.7 Å². The van der Waals surface area contributed by atoms with Gasteiger partial charge in [-0.1, -0.05) is 48.5 Å². The van der Waals surface area contributed by atoms with Crippen molar-refractivity contribution in [1.82, 2.24) is 9.80 Å². The van der Waals surface area contributed by atoms with Gasteiger partial charge in [-0.2, -0.15) is 0 Å². The lowest BCUT2D eigenvalue weighted by Gasteiger charge is -2.35. The number of aliphatic hydroxyl groups is 1. The Balaban J connectivity index is 0.00000240. The van der Waals surface area contributed by atoms with Crippen molar-refractivity contribution in [2.24, 2.45) is 5.92 Å². The van der Waals surface area contributed by atoms with Gasteiger partial charge in [0, 0.05) is 31.9 Å². The molecule has 0 aliphatic carbocycles. The molecule has 1 atom stereocenters. The number of halogens is 1. The highest BCUT2D eigenvalue weighted by molar-refractivity contribution is 5.85. The third kappa shape index (κ3) is 5.73. The molecule has 1 saturated heterocycles. The fourth-order valence-electron chi connectivity index (χ4n) is 4.72. The first-order chi connectivity index (χ1) is 13.7. The summed E-state index contributed by atoms with van der Waals surface area (Å²) in [5.41, 5.74) is 5.30. The summed E-state index contributed by atoms with van der Waals surface area (Å²) < 4.78 is 0. The van der Waals surface area contributed by atoms with Crippen LogP contribution in [0.25, 0.3) is 0 Å². The highest BCUT2D eigenvalue weighted by Crippen LogP contribution is 2.28. The van der Waals surface area contributed by atoms with E-state index in [0.29, 0.717) is 0 Å². The molecule has 29 heavy (non-hydrogen) atoms. The molecule has 0 spiro atoms. The van der Waals surface area contributed by atoms with Crippen LogP contribution in [-0.2, 0) is 13.0 Å². The van der Waals surface area contributed by atoms with Crippen molar-refractivity contribution in [3.05, 3.63) is 65.2 Å². The molecular weight excluding hydrogens is 382 g/mol. The number of β-amino-alcohol motifs (C(OH)–C–C–N with tert-alkyl or cyclic N) is 1. The molecule has 0 amide bonds. The Kier molecular flexibility index (Phi) is 7.96. The van der Waals surface area contributed by atoms with Crippen molar-refractivity contribution in [2.75, 3.05) is 45.1 Å². The van der Waals surface area contributed by atoms with Gasteiger partial charge in [-0.3, -0.25) is 0 Å². The van der Waals surface area contributed by atoms with E-state index >= 15 is 0 Å². The molecule has 0 bridgehead atoms. The summed E-state index contributed by atoms with van der Waals surface area (Å²) in [6.45, 7) is 6.16. The molecule has 2 aliphatic heterocycles. The highest BCUT2D eigenvalue weighted by atomic mass is 35.5. The van der Waals surface area contributed by atoms with Crippen LogP contribution in [-0.4, -0.2) is 54.7 Å². The molecule has 1 unspecified atom stereocenters. The fraction of sp³-hybridized carbons (Fsp3) is 0.500. The fourth-order valence-corrected chi connectivity index (χ4v) is 4.72. The second kappa shape index (κ2) is 10.4. The van der Waals surface area contributed by atoms with Crippen molar-refractivity contribution in [3.8, 4) is 0 Å². The van der Waals surface area contributed by atoms with Gasteiger partial charge in [-0.15, -0.1) is 12.4 Å². The summed E-state index contributed by atoms with van der Waals surface area (Å²) in [5, 5.41) is 14.0. The lowest BCUT2D eigenvalue weighted by atomic mass is 9.95. The summed E-state index contributed by atoms with van der Waals surface area (Å²) in [4.78, 5) is 4.90. The van der Waals surface area contributed by atoms with Crippen LogP contribution in [0.3, 0.4) is 0 Å². The summed E-state index contributed by atoms with van der Waals surface area (Å²) >= 11 is 0. The first-order valence-electron chi connectivity index (χ1n) is 10.7. The number of anilines is 1. The number of hydrogen-bond donors (Lipinski definition) is 2. The molecule has 0 saturated carbocycles. The van der Waals surface area contributed by atoms with Gasteiger partial charge in [0.15, 0.2) is 0 Å². The number of piperidine rings is 1. The number of nitrogens with zero attached hydrogens (tertiary/aromatic N) is 2. The number of benzene rings is 2. The SMILES string of the molecule is CN(Cc1cccc2c1NCC2)CC1CCN(CC(O)c2ccccc2)CC1.Cl. The van der Waals surface area contributed by atoms with Crippen molar-refractivity contribution >= 4 is 18.1 Å². The molecule has 2 aromatic carbocycles. The first-order valence-corrected chi connectivity index (χ1v) is 10.7. The summed E-state index contributed by atoms with van der Waals surface area (Å²) in [6.07, 6.45) is 3.21. The molecule has 2 heterocycles. The topological polar surface area (TPSA) is 38.7 Å². The lowest BCUT2D eigenvalue weighted by Crippen LogP contribution is -2.39. The Morgan fingerprint density at radius 1 is 1.10 bits per heavy atom. The molecule has 2 aliphatic rings. The molecule has 2 N–H and O–H groups in total. The van der Waals surface area contributed by atoms with Crippen LogP contribution in [0, 0.1) is 5.92 Å². The van der Waals surface area contributed by atoms with Gasteiger partial charge < -0.3 is 20.2 Å². The number of hydrogen-bond acceptors (Lipinski definition) is 4. The third-order valence-corrected chi connectivity index (χ3v) is 6.27. The Bertz CT molecular complexity index is 762. The highest BCUT2D eigenvalue weighted by Gasteiger charge is 2.23. The third-order valence-electron chi connectivity index (χ3n) is 6.27. The van der Waals surface area contributed by atoms with Gasteiger partial charge in [-0.05, 0) is 62.0 Å². The Labute approximate surface area is 181 Å². The van der Waals surface area contributed by atoms with Crippen molar-refractivity contribution in [1.29, 1.82) is 0 Å². The molecule has 0 aromatic heterocycles. The van der Waals surface area contributed by atoms with Gasteiger partial charge in [0.25, 0.3) is 0 Å². The van der Waals surface area contributed by atoms with Gasteiger partial charge in [-0.25, -0.2) is 0 Å². The van der Waals surface area contributed by atoms with Crippen LogP contribution in [0.15, 0.2) is 48.5 Å². The quantitative estimate of drug-likeness (QED) is 0.718. The molecule has 158 valence electrons. The first kappa shape index (κ1) is 22.1. The van der Waals surface area contributed by atoms with Crippen LogP contribution in [0.4, 0.5) is 5.69 Å². The van der Waals surface area contributed by atoms with Gasteiger partial charge >= 0.3 is 0 Å². The number of para-hydroxylation sites is 1. The molecule has 4 nitrogen and oxygen atoms in total. The number of rotatable bonds is 7. The summed E-state index contributed by atoms with van der Waals surface area (Å²) in [5.74, 6) is 0.750. The van der Waals surface area contributed by atoms with Crippen molar-refractivity contribution < 1.29 is 5.11 Å². The van der Waals surface area contributed by atoms with Crippen LogP contribution in [0.5, 0.6) is 0 Å². The largest absolute Gasteiger partial charge is 0.387 e. The van der Waals surface area contributed by atoms with E-state index < -0.39 is 0 Å². The van der Waals surface area contributed by atoms with E-state index in [2.05, 4.69) is 40.4 Å². The van der Waals surface area contributed by atoms with Gasteiger partial charge in [0.2, 0.25) is 0 Å². The van der Waals surface area contributed by atoms with E-state index in [0.717, 1.165) is 57.2 Å². The molecule has 4 rings (SSSR count). The van der Waals surface area contributed by atoms with Crippen LogP contribution < -0.4 is 5.32 Å². The minimum absolute atomic E-state index is 0. The zero-order valence-corrected chi connectivity index (χ0v) is 18.2. The average Bonchev–Trinajstić information content (AvgIpc) is 3.20. The molecule has 2 aromatic rings. The predicted molar refractivity (Wildman–Crippen MR) is 123 cm³/mol. The second-order valence-electron chi connectivity index (χ2n) is 8.50. The van der Waals surface area contributed by atoms with E-state index in [1.54, 1.807) is 0 Å². The van der Waals surface area contributed by atoms with Crippen LogP contribution >= 0.6 is 12.4 Å². The Morgan fingerprint density at radius 2 is 1.86 bits per heavy atom. The van der Waals surface area contributed by atoms with Crippen molar-refractivity contribution in [3.63, 3.8) is 0 Å². The van der Waals surface area contributed by atoms with Gasteiger partial charge in [0.1, 0.15) is 0 Å². The molecular formula is C24H34ClN3O. The van der Waals surface area contributed by atoms with Crippen LogP contribution in [0.2, 0.25) is 0 Å². The number of likely N-dealkylation sites (tertiary alicyclic amines) is 1. The number of nitrogens with one attached hydrogen (secondary N) is 1. The smallest absolute Gasteiger partial charge is 0.0916 e. The maximum absolute atomic E-state index is 10.5. The molecule has 1 fully saturated rings. The predicted octanol–water partition coefficient (Wildman–Crippen LogP) is 3.95. The Hall–Kier alpha value is -1.59. The van der Waals surface area contributed by atoms with E-state index in [-0.39, 0.29) is 18.5 Å². The standard InChI is InChI=1S/C24H33N3O.ClH/c1-26(17-22-9-5-8-21-10-13-25-24(21)22)16-19-11-14-27(15-12-19)18-23(28)20-6-3-2-4-7-20;/h2-9,19,23,25,28H,10-18H2,1H3;1H. The zero-order valence-electron chi connectivity index (χ0n) is 17.4. The maximum Gasteiger partial charge on any atom is 0.0916 e. The second-order valence-corrected chi connectivity index (χ2v) is 8.50. The van der Waals surface area contributed by atoms with E-state index in [4.69, 9.17) is 0 Å². The number of aliphatic hydroxyl groups excluding tert-OH is 1. The average molecular weight is 416 g/mol. The van der Waals surface area contributed by atoms with E-state index in [1.807, 2.05) is 30.3 Å². The maximum atomic E-state index is 10.5. The molecule has 0 radical (unpaired) electrons. The van der Waals surface area contributed by atoms with Crippen molar-refractivity contribution in [2.45, 2.75) is 31.9 Å². The minimum Gasteiger partial charge on any atom is -0.387 e. The summed E-state index contributed by atoms with van der Waals surface area (Å²) in [7, 11) is 2.25. The lowest BCUT2D eigenvalue weighted by molar-refractivity contribution is 0.0825. The minimum atomic E-state index is -0.381. The number of fused-ring (bicyclic) bond motifs is 1. The monoisotopic (exact) mass is 415 g/mol. The van der Waals surface area contributed by atoms with E-state index in [9.17, 15) is 5.11 Å². The normalized spacial score (nSPS) is 18.2. The Morgan fingerprint density at radius 3 is 2.62 bits per heavy atom. The summed E-state index contributed by atoms with van der Waals surface area (Å²) in [6, 6.07) is 16.7.